The molecule has 0 aromatic heterocycles. The quantitative estimate of drug-likeness (QED) is 0.612. The van der Waals surface area contributed by atoms with Crippen LogP contribution in [0, 0.1) is 6.92 Å². The lowest BCUT2D eigenvalue weighted by Crippen LogP contribution is -2.40. The van der Waals surface area contributed by atoms with E-state index in [4.69, 9.17) is 4.74 Å². The van der Waals surface area contributed by atoms with Crippen molar-refractivity contribution in [2.45, 2.75) is 33.3 Å². The summed E-state index contributed by atoms with van der Waals surface area (Å²) in [5.41, 5.74) is 1.59. The molecule has 0 spiro atoms. The molecule has 1 aromatic rings. The van der Waals surface area contributed by atoms with Gasteiger partial charge < -0.3 is 20.7 Å². The summed E-state index contributed by atoms with van der Waals surface area (Å²) in [5.74, 6) is -0.719. The first-order chi connectivity index (χ1) is 11.3. The van der Waals surface area contributed by atoms with Gasteiger partial charge in [0.2, 0.25) is 5.91 Å². The Bertz CT molecular complexity index is 605. The molecule has 24 heavy (non-hydrogen) atoms. The number of amides is 3. The Hall–Kier alpha value is -2.09. The number of anilines is 1. The highest BCUT2D eigenvalue weighted by Gasteiger charge is 2.09. The van der Waals surface area contributed by atoms with Crippen molar-refractivity contribution in [3.8, 4) is 0 Å². The minimum Gasteiger partial charge on any atom is -0.463 e. The molecule has 3 amide bonds. The summed E-state index contributed by atoms with van der Waals surface area (Å²) in [6.45, 7) is 5.35. The molecular formula is C16H22BrN3O4. The number of carbonyl (C=O) groups excluding carboxylic acids is 3. The van der Waals surface area contributed by atoms with Crippen molar-refractivity contribution >= 4 is 39.5 Å². The van der Waals surface area contributed by atoms with Crippen LogP contribution in [0.5, 0.6) is 0 Å². The van der Waals surface area contributed by atoms with Crippen molar-refractivity contribution in [2.75, 3.05) is 18.4 Å². The summed E-state index contributed by atoms with van der Waals surface area (Å²) in [7, 11) is 0. The van der Waals surface area contributed by atoms with Gasteiger partial charge in [-0.3, -0.25) is 9.59 Å². The van der Waals surface area contributed by atoms with E-state index in [1.165, 1.54) is 0 Å². The second kappa shape index (κ2) is 9.92. The van der Waals surface area contributed by atoms with Crippen LogP contribution in [0.25, 0.3) is 0 Å². The van der Waals surface area contributed by atoms with Crippen LogP contribution < -0.4 is 16.0 Å². The zero-order chi connectivity index (χ0) is 18.1. The second-order valence-corrected chi connectivity index (χ2v) is 6.32. The molecule has 0 bridgehead atoms. The molecule has 8 heteroatoms. The lowest BCUT2D eigenvalue weighted by atomic mass is 10.2. The van der Waals surface area contributed by atoms with E-state index in [9.17, 15) is 14.4 Å². The molecule has 0 radical (unpaired) electrons. The average molecular weight is 400 g/mol. The fraction of sp³-hybridized carbons (Fsp3) is 0.438. The van der Waals surface area contributed by atoms with Gasteiger partial charge in [-0.25, -0.2) is 4.79 Å². The molecule has 1 rings (SSSR count). The summed E-state index contributed by atoms with van der Waals surface area (Å²) >= 11 is 3.35. The molecule has 0 aliphatic rings. The number of hydrogen-bond acceptors (Lipinski definition) is 4. The van der Waals surface area contributed by atoms with Crippen LogP contribution in [-0.4, -0.2) is 37.1 Å². The van der Waals surface area contributed by atoms with Crippen molar-refractivity contribution in [1.29, 1.82) is 0 Å². The third-order valence-electron chi connectivity index (χ3n) is 2.85. The highest BCUT2D eigenvalue weighted by molar-refractivity contribution is 9.10. The first-order valence-electron chi connectivity index (χ1n) is 7.55. The fourth-order valence-corrected chi connectivity index (χ4v) is 2.26. The van der Waals surface area contributed by atoms with Gasteiger partial charge in [0.25, 0.3) is 0 Å². The highest BCUT2D eigenvalue weighted by Crippen LogP contribution is 2.19. The molecule has 7 nitrogen and oxygen atoms in total. The van der Waals surface area contributed by atoms with Gasteiger partial charge in [0.1, 0.15) is 0 Å². The maximum absolute atomic E-state index is 11.8. The maximum Gasteiger partial charge on any atom is 0.315 e. The summed E-state index contributed by atoms with van der Waals surface area (Å²) < 4.78 is 5.86. The van der Waals surface area contributed by atoms with Crippen LogP contribution in [0.15, 0.2) is 22.7 Å². The van der Waals surface area contributed by atoms with Crippen molar-refractivity contribution in [1.82, 2.24) is 10.6 Å². The van der Waals surface area contributed by atoms with Gasteiger partial charge in [0.05, 0.1) is 19.1 Å². The van der Waals surface area contributed by atoms with Crippen LogP contribution in [-0.2, 0) is 14.3 Å². The Balaban J connectivity index is 2.26. The zero-order valence-electron chi connectivity index (χ0n) is 13.9. The number of carbonyl (C=O) groups is 3. The average Bonchev–Trinajstić information content (AvgIpc) is 2.47. The molecule has 0 aliphatic heterocycles. The van der Waals surface area contributed by atoms with E-state index in [0.717, 1.165) is 10.0 Å². The number of benzene rings is 1. The molecule has 1 aromatic carbocycles. The topological polar surface area (TPSA) is 96.5 Å². The lowest BCUT2D eigenvalue weighted by molar-refractivity contribution is -0.147. The summed E-state index contributed by atoms with van der Waals surface area (Å²) in [4.78, 5) is 34.7. The van der Waals surface area contributed by atoms with Crippen LogP contribution in [0.3, 0.4) is 0 Å². The molecule has 0 heterocycles. The van der Waals surface area contributed by atoms with E-state index in [-0.39, 0.29) is 37.5 Å². The van der Waals surface area contributed by atoms with Gasteiger partial charge >= 0.3 is 12.0 Å². The standard InChI is InChI=1S/C16H22BrN3O4/c1-10(2)24-15(22)6-7-18-16(23)19-9-14(21)20-13-5-4-12(17)8-11(13)3/h4-5,8,10H,6-7,9H2,1-3H3,(H,20,21)(H2,18,19,23). The molecule has 132 valence electrons. The van der Waals surface area contributed by atoms with Gasteiger partial charge in [-0.1, -0.05) is 15.9 Å². The highest BCUT2D eigenvalue weighted by atomic mass is 79.9. The smallest absolute Gasteiger partial charge is 0.315 e. The van der Waals surface area contributed by atoms with Crippen molar-refractivity contribution in [3.63, 3.8) is 0 Å². The second-order valence-electron chi connectivity index (χ2n) is 5.41. The Morgan fingerprint density at radius 3 is 2.54 bits per heavy atom. The van der Waals surface area contributed by atoms with Crippen LogP contribution in [0.4, 0.5) is 10.5 Å². The number of nitrogens with one attached hydrogen (secondary N) is 3. The largest absolute Gasteiger partial charge is 0.463 e. The zero-order valence-corrected chi connectivity index (χ0v) is 15.5. The lowest BCUT2D eigenvalue weighted by Gasteiger charge is -2.11. The van der Waals surface area contributed by atoms with E-state index in [2.05, 4.69) is 31.9 Å². The SMILES string of the molecule is Cc1cc(Br)ccc1NC(=O)CNC(=O)NCCC(=O)OC(C)C. The van der Waals surface area contributed by atoms with Gasteiger partial charge in [0.15, 0.2) is 0 Å². The van der Waals surface area contributed by atoms with Crippen LogP contribution >= 0.6 is 15.9 Å². The monoisotopic (exact) mass is 399 g/mol. The Kier molecular flexibility index (Phi) is 8.25. The number of hydrogen-bond donors (Lipinski definition) is 3. The Labute approximate surface area is 149 Å². The van der Waals surface area contributed by atoms with E-state index in [1.54, 1.807) is 19.9 Å². The molecule has 0 unspecified atom stereocenters. The molecule has 0 saturated heterocycles. The minimum absolute atomic E-state index is 0.0793. The number of halogens is 1. The molecule has 0 fully saturated rings. The predicted octanol–water partition coefficient (Wildman–Crippen LogP) is 2.34. The van der Waals surface area contributed by atoms with Gasteiger partial charge in [-0.15, -0.1) is 0 Å². The third kappa shape index (κ3) is 7.96. The number of urea groups is 1. The van der Waals surface area contributed by atoms with E-state index in [1.807, 2.05) is 19.1 Å². The van der Waals surface area contributed by atoms with E-state index in [0.29, 0.717) is 5.69 Å². The number of esters is 1. The van der Waals surface area contributed by atoms with E-state index < -0.39 is 6.03 Å². The summed E-state index contributed by atoms with van der Waals surface area (Å²) in [5, 5.41) is 7.62. The van der Waals surface area contributed by atoms with Gasteiger partial charge in [-0.2, -0.15) is 0 Å². The number of ether oxygens (including phenoxy) is 1. The predicted molar refractivity (Wildman–Crippen MR) is 94.8 cm³/mol. The number of rotatable bonds is 7. The van der Waals surface area contributed by atoms with Crippen molar-refractivity contribution in [2.24, 2.45) is 0 Å². The normalized spacial score (nSPS) is 10.2. The fourth-order valence-electron chi connectivity index (χ4n) is 1.78. The van der Waals surface area contributed by atoms with E-state index >= 15 is 0 Å². The minimum atomic E-state index is -0.518. The molecular weight excluding hydrogens is 378 g/mol. The first-order valence-corrected chi connectivity index (χ1v) is 8.34. The molecule has 3 N–H and O–H groups in total. The van der Waals surface area contributed by atoms with Gasteiger partial charge in [-0.05, 0) is 44.5 Å². The first kappa shape index (κ1) is 20.0. The summed E-state index contributed by atoms with van der Waals surface area (Å²) in [6.07, 6.45) is -0.104. The Morgan fingerprint density at radius 2 is 1.92 bits per heavy atom. The van der Waals surface area contributed by atoms with Gasteiger partial charge in [0, 0.05) is 16.7 Å². The Morgan fingerprint density at radius 1 is 1.21 bits per heavy atom. The molecule has 0 saturated carbocycles. The van der Waals surface area contributed by atoms with Crippen molar-refractivity contribution < 1.29 is 19.1 Å². The number of aryl methyl sites for hydroxylation is 1. The van der Waals surface area contributed by atoms with Crippen LogP contribution in [0.1, 0.15) is 25.8 Å². The van der Waals surface area contributed by atoms with Crippen molar-refractivity contribution in [3.05, 3.63) is 28.2 Å². The third-order valence-corrected chi connectivity index (χ3v) is 3.35. The maximum atomic E-state index is 11.8. The van der Waals surface area contributed by atoms with Crippen LogP contribution in [0.2, 0.25) is 0 Å². The molecule has 0 atom stereocenters. The molecule has 0 aliphatic carbocycles. The summed E-state index contributed by atoms with van der Waals surface area (Å²) in [6, 6.07) is 4.96.